The van der Waals surface area contributed by atoms with Gasteiger partial charge in [-0.25, -0.2) is 0 Å². The van der Waals surface area contributed by atoms with E-state index in [2.05, 4.69) is 17.0 Å². The van der Waals surface area contributed by atoms with Crippen LogP contribution in [0.1, 0.15) is 35.2 Å². The number of nitrogens with zero attached hydrogens (tertiary/aromatic N) is 1. The molecule has 1 amide bonds. The van der Waals surface area contributed by atoms with Gasteiger partial charge in [-0.1, -0.05) is 42.8 Å². The van der Waals surface area contributed by atoms with Gasteiger partial charge >= 0.3 is 0 Å². The number of hydrogen-bond acceptors (Lipinski definition) is 2. The van der Waals surface area contributed by atoms with E-state index in [1.807, 2.05) is 36.4 Å². The van der Waals surface area contributed by atoms with Crippen LogP contribution in [0.25, 0.3) is 11.1 Å². The Morgan fingerprint density at radius 2 is 1.70 bits per heavy atom. The predicted molar refractivity (Wildman–Crippen MR) is 96.8 cm³/mol. The fourth-order valence-corrected chi connectivity index (χ4v) is 3.14. The summed E-state index contributed by atoms with van der Waals surface area (Å²) in [6, 6.07) is 16.1. The third-order valence-corrected chi connectivity index (χ3v) is 4.32. The molecule has 1 aliphatic heterocycles. The van der Waals surface area contributed by atoms with E-state index in [4.69, 9.17) is 5.73 Å². The molecule has 0 atom stereocenters. The van der Waals surface area contributed by atoms with Crippen molar-refractivity contribution in [3.63, 3.8) is 0 Å². The number of likely N-dealkylation sites (tertiary alicyclic amines) is 1. The van der Waals surface area contributed by atoms with Crippen LogP contribution in [-0.4, -0.2) is 23.9 Å². The lowest BCUT2D eigenvalue weighted by Gasteiger charge is -2.27. The SMILES string of the molecule is Cl.NC(=O)c1ccc(-c2ccccc2)c(CN2CCCCC2)c1. The highest BCUT2D eigenvalue weighted by Crippen LogP contribution is 2.26. The average Bonchev–Trinajstić information content (AvgIpc) is 2.56. The van der Waals surface area contributed by atoms with E-state index < -0.39 is 0 Å². The van der Waals surface area contributed by atoms with Crippen molar-refractivity contribution in [3.8, 4) is 11.1 Å². The van der Waals surface area contributed by atoms with Crippen molar-refractivity contribution >= 4 is 18.3 Å². The molecular weight excluding hydrogens is 308 g/mol. The van der Waals surface area contributed by atoms with Crippen LogP contribution in [0.5, 0.6) is 0 Å². The van der Waals surface area contributed by atoms with Crippen LogP contribution in [-0.2, 0) is 6.54 Å². The molecule has 2 aromatic carbocycles. The zero-order valence-electron chi connectivity index (χ0n) is 13.2. The summed E-state index contributed by atoms with van der Waals surface area (Å²) >= 11 is 0. The van der Waals surface area contributed by atoms with E-state index in [-0.39, 0.29) is 18.3 Å². The van der Waals surface area contributed by atoms with Crippen molar-refractivity contribution < 1.29 is 4.79 Å². The highest BCUT2D eigenvalue weighted by Gasteiger charge is 2.15. The van der Waals surface area contributed by atoms with Gasteiger partial charge in [0.2, 0.25) is 5.91 Å². The summed E-state index contributed by atoms with van der Waals surface area (Å²) in [7, 11) is 0. The third kappa shape index (κ3) is 4.34. The Hall–Kier alpha value is -1.84. The van der Waals surface area contributed by atoms with Gasteiger partial charge in [-0.15, -0.1) is 12.4 Å². The predicted octanol–water partition coefficient (Wildman–Crippen LogP) is 3.86. The van der Waals surface area contributed by atoms with Crippen molar-refractivity contribution in [2.24, 2.45) is 5.73 Å². The second-order valence-corrected chi connectivity index (χ2v) is 5.94. The van der Waals surface area contributed by atoms with E-state index in [9.17, 15) is 4.79 Å². The van der Waals surface area contributed by atoms with E-state index in [0.29, 0.717) is 5.56 Å². The number of benzene rings is 2. The first-order valence-electron chi connectivity index (χ1n) is 7.94. The number of carbonyl (C=O) groups excluding carboxylic acids is 1. The normalized spacial score (nSPS) is 15.0. The van der Waals surface area contributed by atoms with E-state index in [1.165, 1.54) is 36.0 Å². The molecule has 0 unspecified atom stereocenters. The molecular formula is C19H23ClN2O. The zero-order chi connectivity index (χ0) is 15.4. The average molecular weight is 331 g/mol. The number of nitrogens with two attached hydrogens (primary N) is 1. The minimum atomic E-state index is -0.362. The summed E-state index contributed by atoms with van der Waals surface area (Å²) in [5.74, 6) is -0.362. The van der Waals surface area contributed by atoms with Gasteiger partial charge in [-0.05, 0) is 54.8 Å². The highest BCUT2D eigenvalue weighted by molar-refractivity contribution is 5.93. The molecule has 1 saturated heterocycles. The first kappa shape index (κ1) is 17.5. The minimum Gasteiger partial charge on any atom is -0.366 e. The van der Waals surface area contributed by atoms with Gasteiger partial charge < -0.3 is 5.73 Å². The topological polar surface area (TPSA) is 46.3 Å². The van der Waals surface area contributed by atoms with Crippen molar-refractivity contribution in [1.29, 1.82) is 0 Å². The summed E-state index contributed by atoms with van der Waals surface area (Å²) in [6.45, 7) is 3.15. The maximum absolute atomic E-state index is 11.5. The molecule has 0 bridgehead atoms. The third-order valence-electron chi connectivity index (χ3n) is 4.32. The molecule has 0 aromatic heterocycles. The van der Waals surface area contributed by atoms with Gasteiger partial charge in [0.25, 0.3) is 0 Å². The molecule has 4 heteroatoms. The summed E-state index contributed by atoms with van der Waals surface area (Å²) in [6.07, 6.45) is 3.84. The number of amides is 1. The summed E-state index contributed by atoms with van der Waals surface area (Å²) < 4.78 is 0. The second kappa shape index (κ2) is 8.14. The van der Waals surface area contributed by atoms with Gasteiger partial charge in [0.05, 0.1) is 0 Å². The standard InChI is InChI=1S/C19H22N2O.ClH/c20-19(22)16-9-10-18(15-7-3-1-4-8-15)17(13-16)14-21-11-5-2-6-12-21;/h1,3-4,7-10,13H,2,5-6,11-12,14H2,(H2,20,22);1H. The number of hydrogen-bond donors (Lipinski definition) is 1. The second-order valence-electron chi connectivity index (χ2n) is 5.94. The number of primary amides is 1. The molecule has 2 aromatic rings. The summed E-state index contributed by atoms with van der Waals surface area (Å²) in [5, 5.41) is 0. The van der Waals surface area contributed by atoms with Gasteiger partial charge in [0.1, 0.15) is 0 Å². The lowest BCUT2D eigenvalue weighted by atomic mass is 9.96. The van der Waals surface area contributed by atoms with Crippen LogP contribution in [0.2, 0.25) is 0 Å². The maximum Gasteiger partial charge on any atom is 0.248 e. The summed E-state index contributed by atoms with van der Waals surface area (Å²) in [4.78, 5) is 14.0. The Kier molecular flexibility index (Phi) is 6.20. The number of piperidine rings is 1. The molecule has 0 saturated carbocycles. The van der Waals surface area contributed by atoms with Gasteiger partial charge in [-0.3, -0.25) is 9.69 Å². The Bertz CT molecular complexity index is 652. The molecule has 1 fully saturated rings. The number of rotatable bonds is 4. The Labute approximate surface area is 143 Å². The van der Waals surface area contributed by atoms with E-state index >= 15 is 0 Å². The van der Waals surface area contributed by atoms with Gasteiger partial charge in [0, 0.05) is 12.1 Å². The first-order chi connectivity index (χ1) is 10.7. The van der Waals surface area contributed by atoms with Crippen molar-refractivity contribution in [1.82, 2.24) is 4.90 Å². The molecule has 2 N–H and O–H groups in total. The fraction of sp³-hybridized carbons (Fsp3) is 0.316. The number of halogens is 1. The van der Waals surface area contributed by atoms with Crippen LogP contribution in [0.3, 0.4) is 0 Å². The molecule has 3 nitrogen and oxygen atoms in total. The largest absolute Gasteiger partial charge is 0.366 e. The maximum atomic E-state index is 11.5. The highest BCUT2D eigenvalue weighted by atomic mass is 35.5. The zero-order valence-corrected chi connectivity index (χ0v) is 14.0. The van der Waals surface area contributed by atoms with Gasteiger partial charge in [-0.2, -0.15) is 0 Å². The van der Waals surface area contributed by atoms with E-state index in [0.717, 1.165) is 19.6 Å². The fourth-order valence-electron chi connectivity index (χ4n) is 3.14. The molecule has 23 heavy (non-hydrogen) atoms. The molecule has 0 aliphatic carbocycles. The molecule has 0 spiro atoms. The van der Waals surface area contributed by atoms with Crippen LogP contribution < -0.4 is 5.73 Å². The Morgan fingerprint density at radius 3 is 2.35 bits per heavy atom. The lowest BCUT2D eigenvalue weighted by Crippen LogP contribution is -2.29. The molecule has 0 radical (unpaired) electrons. The quantitative estimate of drug-likeness (QED) is 0.925. The van der Waals surface area contributed by atoms with Crippen LogP contribution in [0, 0.1) is 0 Å². The first-order valence-corrected chi connectivity index (χ1v) is 7.94. The molecule has 1 aliphatic rings. The van der Waals surface area contributed by atoms with Crippen molar-refractivity contribution in [2.75, 3.05) is 13.1 Å². The van der Waals surface area contributed by atoms with Crippen molar-refractivity contribution in [2.45, 2.75) is 25.8 Å². The Morgan fingerprint density at radius 1 is 1.00 bits per heavy atom. The molecule has 3 rings (SSSR count). The van der Waals surface area contributed by atoms with Gasteiger partial charge in [0.15, 0.2) is 0 Å². The monoisotopic (exact) mass is 330 g/mol. The van der Waals surface area contributed by atoms with E-state index in [1.54, 1.807) is 0 Å². The minimum absolute atomic E-state index is 0. The summed E-state index contributed by atoms with van der Waals surface area (Å²) in [5.41, 5.74) is 9.60. The van der Waals surface area contributed by atoms with Crippen LogP contribution >= 0.6 is 12.4 Å². The number of carbonyl (C=O) groups is 1. The van der Waals surface area contributed by atoms with Crippen molar-refractivity contribution in [3.05, 3.63) is 59.7 Å². The smallest absolute Gasteiger partial charge is 0.248 e. The van der Waals surface area contributed by atoms with Crippen LogP contribution in [0.4, 0.5) is 0 Å². The molecule has 122 valence electrons. The Balaban J connectivity index is 0.00000192. The molecule has 1 heterocycles. The van der Waals surface area contributed by atoms with Crippen LogP contribution in [0.15, 0.2) is 48.5 Å². The lowest BCUT2D eigenvalue weighted by molar-refractivity contribution is 0.1000.